The molecular weight excluding hydrogens is 452 g/mol. The molecule has 1 aromatic carbocycles. The number of nitrogens with one attached hydrogen (secondary N) is 2. The third-order valence-corrected chi connectivity index (χ3v) is 6.60. The Morgan fingerprint density at radius 1 is 1.18 bits per heavy atom. The van der Waals surface area contributed by atoms with Crippen LogP contribution in [0.25, 0.3) is 17.1 Å². The average Bonchev–Trinajstić information content (AvgIpc) is 2.85. The number of amides is 1. The molecule has 1 amide bonds. The van der Waals surface area contributed by atoms with E-state index < -0.39 is 6.09 Å². The van der Waals surface area contributed by atoms with E-state index in [9.17, 15) is 4.79 Å². The Kier molecular flexibility index (Phi) is 7.98. The second-order valence-corrected chi connectivity index (χ2v) is 8.95. The first-order valence-electron chi connectivity index (χ1n) is 11.5. The predicted molar refractivity (Wildman–Crippen MR) is 134 cm³/mol. The monoisotopic (exact) mass is 480 g/mol. The van der Waals surface area contributed by atoms with Crippen LogP contribution in [-0.4, -0.2) is 40.9 Å². The summed E-state index contributed by atoms with van der Waals surface area (Å²) in [6.07, 6.45) is 6.26. The van der Waals surface area contributed by atoms with E-state index in [1.807, 2.05) is 24.3 Å². The third kappa shape index (κ3) is 6.04. The normalized spacial score (nSPS) is 18.6. The van der Waals surface area contributed by atoms with E-state index in [1.165, 1.54) is 11.1 Å². The molecule has 34 heavy (non-hydrogen) atoms. The van der Waals surface area contributed by atoms with E-state index in [4.69, 9.17) is 21.4 Å². The Morgan fingerprint density at radius 2 is 1.94 bits per heavy atom. The molecule has 7 nitrogen and oxygen atoms in total. The molecule has 8 heteroatoms. The van der Waals surface area contributed by atoms with Crippen LogP contribution in [0.1, 0.15) is 36.8 Å². The molecule has 0 radical (unpaired) electrons. The number of fused-ring (bicyclic) bond motifs is 1. The SMILES string of the molecule is COc1ccc2ncc(Cl)c(C=C(CNCc3ccccc3)C3CCC(NC(=O)O)CC3)c2n1. The van der Waals surface area contributed by atoms with Crippen molar-refractivity contribution in [1.29, 1.82) is 0 Å². The summed E-state index contributed by atoms with van der Waals surface area (Å²) in [6.45, 7) is 1.45. The van der Waals surface area contributed by atoms with Crippen LogP contribution < -0.4 is 15.4 Å². The van der Waals surface area contributed by atoms with Crippen molar-refractivity contribution in [3.63, 3.8) is 0 Å². The summed E-state index contributed by atoms with van der Waals surface area (Å²) in [7, 11) is 1.59. The molecule has 1 aliphatic rings. The standard InChI is InChI=1S/C26H29ClN4O3/c1-34-24-12-11-23-25(31-24)21(22(27)16-29-23)13-19(15-28-14-17-5-3-2-4-6-17)18-7-9-20(10-8-18)30-26(32)33/h2-6,11-13,16,18,20,28,30H,7-10,14-15H2,1H3,(H,32,33). The maximum Gasteiger partial charge on any atom is 0.404 e. The molecule has 0 aliphatic heterocycles. The van der Waals surface area contributed by atoms with Crippen LogP contribution in [-0.2, 0) is 6.54 Å². The van der Waals surface area contributed by atoms with Crippen molar-refractivity contribution >= 4 is 34.8 Å². The molecule has 0 atom stereocenters. The van der Waals surface area contributed by atoms with Gasteiger partial charge >= 0.3 is 6.09 Å². The lowest BCUT2D eigenvalue weighted by Gasteiger charge is -2.30. The fourth-order valence-electron chi connectivity index (χ4n) is 4.52. The van der Waals surface area contributed by atoms with Crippen molar-refractivity contribution in [1.82, 2.24) is 20.6 Å². The van der Waals surface area contributed by atoms with Crippen LogP contribution in [0.15, 0.2) is 54.2 Å². The van der Waals surface area contributed by atoms with Crippen molar-refractivity contribution in [3.05, 3.63) is 70.4 Å². The molecule has 3 N–H and O–H groups in total. The smallest absolute Gasteiger partial charge is 0.404 e. The summed E-state index contributed by atoms with van der Waals surface area (Å²) in [6, 6.07) is 13.9. The number of methoxy groups -OCH3 is 1. The molecule has 3 aromatic rings. The summed E-state index contributed by atoms with van der Waals surface area (Å²) in [5.41, 5.74) is 4.72. The number of hydrogen-bond donors (Lipinski definition) is 3. The number of carbonyl (C=O) groups is 1. The van der Waals surface area contributed by atoms with Crippen LogP contribution in [0.3, 0.4) is 0 Å². The first-order chi connectivity index (χ1) is 16.5. The van der Waals surface area contributed by atoms with E-state index in [2.05, 4.69) is 38.8 Å². The van der Waals surface area contributed by atoms with Gasteiger partial charge in [0.05, 0.1) is 17.6 Å². The number of halogens is 1. The highest BCUT2D eigenvalue weighted by Gasteiger charge is 2.25. The molecule has 1 fully saturated rings. The average molecular weight is 481 g/mol. The first-order valence-corrected chi connectivity index (χ1v) is 11.8. The minimum atomic E-state index is -0.959. The zero-order valence-corrected chi connectivity index (χ0v) is 19.9. The van der Waals surface area contributed by atoms with Gasteiger partial charge in [-0.25, -0.2) is 9.78 Å². The van der Waals surface area contributed by atoms with Gasteiger partial charge < -0.3 is 20.5 Å². The number of aromatic nitrogens is 2. The molecule has 1 aliphatic carbocycles. The second kappa shape index (κ2) is 11.3. The largest absolute Gasteiger partial charge is 0.481 e. The number of pyridine rings is 2. The number of ether oxygens (including phenoxy) is 1. The molecule has 1 saturated carbocycles. The molecule has 0 spiro atoms. The fraction of sp³-hybridized carbons (Fsp3) is 0.346. The highest BCUT2D eigenvalue weighted by Crippen LogP contribution is 2.34. The lowest BCUT2D eigenvalue weighted by molar-refractivity contribution is 0.183. The van der Waals surface area contributed by atoms with Crippen molar-refractivity contribution < 1.29 is 14.6 Å². The predicted octanol–water partition coefficient (Wildman–Crippen LogP) is 5.29. The highest BCUT2D eigenvalue weighted by atomic mass is 35.5. The Morgan fingerprint density at radius 3 is 2.65 bits per heavy atom. The quantitative estimate of drug-likeness (QED) is 0.405. The summed E-state index contributed by atoms with van der Waals surface area (Å²) in [5, 5.41) is 15.8. The summed E-state index contributed by atoms with van der Waals surface area (Å²) < 4.78 is 5.33. The Bertz CT molecular complexity index is 1160. The first kappa shape index (κ1) is 24.0. The number of nitrogens with zero attached hydrogens (tertiary/aromatic N) is 2. The van der Waals surface area contributed by atoms with E-state index in [0.717, 1.165) is 43.3 Å². The van der Waals surface area contributed by atoms with Gasteiger partial charge in [-0.2, -0.15) is 0 Å². The number of carboxylic acid groups (broad SMARTS) is 1. The Balaban J connectivity index is 1.62. The molecule has 2 heterocycles. The topological polar surface area (TPSA) is 96.4 Å². The maximum atomic E-state index is 11.0. The van der Waals surface area contributed by atoms with Gasteiger partial charge in [-0.1, -0.05) is 53.6 Å². The van der Waals surface area contributed by atoms with Crippen LogP contribution >= 0.6 is 11.6 Å². The van der Waals surface area contributed by atoms with Crippen LogP contribution in [0.2, 0.25) is 5.02 Å². The second-order valence-electron chi connectivity index (χ2n) is 8.55. The van der Waals surface area contributed by atoms with E-state index in [0.29, 0.717) is 28.9 Å². The van der Waals surface area contributed by atoms with Crippen LogP contribution in [0.5, 0.6) is 5.88 Å². The van der Waals surface area contributed by atoms with Gasteiger partial charge in [0, 0.05) is 37.0 Å². The molecule has 0 bridgehead atoms. The van der Waals surface area contributed by atoms with Gasteiger partial charge in [-0.15, -0.1) is 0 Å². The van der Waals surface area contributed by atoms with Crippen LogP contribution in [0.4, 0.5) is 4.79 Å². The zero-order valence-electron chi connectivity index (χ0n) is 19.1. The molecule has 178 valence electrons. The van der Waals surface area contributed by atoms with Gasteiger partial charge in [0.1, 0.15) is 5.52 Å². The summed E-state index contributed by atoms with van der Waals surface area (Å²) in [5.74, 6) is 0.829. The van der Waals surface area contributed by atoms with Gasteiger partial charge in [0.2, 0.25) is 5.88 Å². The minimum Gasteiger partial charge on any atom is -0.481 e. The van der Waals surface area contributed by atoms with Gasteiger partial charge in [0.15, 0.2) is 0 Å². The van der Waals surface area contributed by atoms with Crippen molar-refractivity contribution in [2.45, 2.75) is 38.3 Å². The molecule has 0 saturated heterocycles. The molecular formula is C26H29ClN4O3. The van der Waals surface area contributed by atoms with Crippen molar-refractivity contribution in [2.75, 3.05) is 13.7 Å². The lowest BCUT2D eigenvalue weighted by Crippen LogP contribution is -2.37. The third-order valence-electron chi connectivity index (χ3n) is 6.30. The van der Waals surface area contributed by atoms with Gasteiger partial charge in [-0.3, -0.25) is 4.98 Å². The lowest BCUT2D eigenvalue weighted by atomic mass is 9.80. The number of benzene rings is 1. The Labute approximate surface area is 204 Å². The van der Waals surface area contributed by atoms with E-state index >= 15 is 0 Å². The van der Waals surface area contributed by atoms with Crippen LogP contribution in [0, 0.1) is 5.92 Å². The van der Waals surface area contributed by atoms with Gasteiger partial charge in [0.25, 0.3) is 0 Å². The fourth-order valence-corrected chi connectivity index (χ4v) is 4.72. The highest BCUT2D eigenvalue weighted by molar-refractivity contribution is 6.33. The molecule has 0 unspecified atom stereocenters. The zero-order chi connectivity index (χ0) is 23.9. The minimum absolute atomic E-state index is 0.00329. The molecule has 2 aromatic heterocycles. The maximum absolute atomic E-state index is 11.0. The van der Waals surface area contributed by atoms with E-state index in [1.54, 1.807) is 19.4 Å². The summed E-state index contributed by atoms with van der Waals surface area (Å²) >= 11 is 6.61. The number of hydrogen-bond acceptors (Lipinski definition) is 5. The summed E-state index contributed by atoms with van der Waals surface area (Å²) in [4.78, 5) is 20.1. The number of rotatable bonds is 8. The van der Waals surface area contributed by atoms with Crippen molar-refractivity contribution in [3.8, 4) is 5.88 Å². The van der Waals surface area contributed by atoms with Gasteiger partial charge in [-0.05, 0) is 43.2 Å². The van der Waals surface area contributed by atoms with E-state index in [-0.39, 0.29) is 6.04 Å². The Hall–Kier alpha value is -3.16. The molecule has 4 rings (SSSR count). The van der Waals surface area contributed by atoms with Crippen molar-refractivity contribution in [2.24, 2.45) is 5.92 Å².